The van der Waals surface area contributed by atoms with Crippen LogP contribution < -0.4 is 10.5 Å². The molecule has 3 aliphatic rings. The van der Waals surface area contributed by atoms with Gasteiger partial charge < -0.3 is 20.5 Å². The van der Waals surface area contributed by atoms with Gasteiger partial charge in [0.05, 0.1) is 5.69 Å². The van der Waals surface area contributed by atoms with E-state index in [0.717, 1.165) is 25.9 Å². The van der Waals surface area contributed by atoms with Crippen LogP contribution in [0.1, 0.15) is 57.2 Å². The first-order chi connectivity index (χ1) is 15.9. The third kappa shape index (κ3) is 4.33. The minimum Gasteiger partial charge on any atom is -0.431 e. The van der Waals surface area contributed by atoms with Gasteiger partial charge in [0.2, 0.25) is 0 Å². The Kier molecular flexibility index (Phi) is 6.03. The smallest absolute Gasteiger partial charge is 0.387 e. The minimum atomic E-state index is -2.96. The first-order valence-corrected chi connectivity index (χ1v) is 12.0. The predicted octanol–water partition coefficient (Wildman–Crippen LogP) is 3.91. The van der Waals surface area contributed by atoms with Gasteiger partial charge in [-0.1, -0.05) is 0 Å². The number of aliphatic hydroxyl groups is 1. The molecule has 5 rings (SSSR count). The van der Waals surface area contributed by atoms with Gasteiger partial charge in [0.25, 0.3) is 0 Å². The predicted molar refractivity (Wildman–Crippen MR) is 121 cm³/mol. The lowest BCUT2D eigenvalue weighted by molar-refractivity contribution is -0.0494. The van der Waals surface area contributed by atoms with Gasteiger partial charge in [-0.25, -0.2) is 4.98 Å². The SMILES string of the molecule is CC(C)n1nc(-c2cnc(N)c(OC(F)F)c2)cc1[C@H]1[C@@H]2C[C@H](N3CCC(CO)CC3)C[C@@H]21. The van der Waals surface area contributed by atoms with Crippen molar-refractivity contribution in [2.24, 2.45) is 17.8 Å². The molecule has 0 spiro atoms. The van der Waals surface area contributed by atoms with E-state index >= 15 is 0 Å². The van der Waals surface area contributed by atoms with Crippen LogP contribution in [-0.2, 0) is 0 Å². The summed E-state index contributed by atoms with van der Waals surface area (Å²) in [4.78, 5) is 6.66. The standard InChI is InChI=1S/C24H33F2N5O2/c1-13(2)31-20(10-19(29-31)15-7-21(33-24(25)26)23(27)28-11-15)22-17-8-16(9-18(17)22)30-5-3-14(12-32)4-6-30/h7,10-11,13-14,16-18,22,24,32H,3-6,8-9,12H2,1-2H3,(H2,27,28)/t16-,17+,18-,22-. The van der Waals surface area contributed by atoms with E-state index in [-0.39, 0.29) is 17.6 Å². The lowest BCUT2D eigenvalue weighted by Crippen LogP contribution is -2.41. The number of ether oxygens (including phenoxy) is 1. The first-order valence-electron chi connectivity index (χ1n) is 12.0. The number of alkyl halides is 2. The van der Waals surface area contributed by atoms with Gasteiger partial charge in [-0.3, -0.25) is 4.68 Å². The maximum Gasteiger partial charge on any atom is 0.387 e. The summed E-state index contributed by atoms with van der Waals surface area (Å²) in [6.07, 6.45) is 6.19. The molecule has 2 saturated carbocycles. The molecule has 4 atom stereocenters. The van der Waals surface area contributed by atoms with Crippen molar-refractivity contribution in [2.75, 3.05) is 25.4 Å². The zero-order chi connectivity index (χ0) is 23.3. The Morgan fingerprint density at radius 2 is 1.88 bits per heavy atom. The number of aliphatic hydroxyl groups excluding tert-OH is 1. The van der Waals surface area contributed by atoms with Crippen molar-refractivity contribution in [3.8, 4) is 17.0 Å². The average Bonchev–Trinajstić information content (AvgIpc) is 3.15. The molecule has 0 bridgehead atoms. The number of fused-ring (bicyclic) bond motifs is 1. The maximum atomic E-state index is 12.7. The molecular weight excluding hydrogens is 428 g/mol. The summed E-state index contributed by atoms with van der Waals surface area (Å²) in [6.45, 7) is 3.77. The van der Waals surface area contributed by atoms with Crippen molar-refractivity contribution in [1.82, 2.24) is 19.7 Å². The van der Waals surface area contributed by atoms with Crippen LogP contribution in [0, 0.1) is 17.8 Å². The second-order valence-electron chi connectivity index (χ2n) is 10.1. The second kappa shape index (κ2) is 8.83. The zero-order valence-electron chi connectivity index (χ0n) is 19.2. The molecule has 0 amide bonds. The Balaban J connectivity index is 1.31. The van der Waals surface area contributed by atoms with Gasteiger partial charge >= 0.3 is 6.61 Å². The highest BCUT2D eigenvalue weighted by molar-refractivity contribution is 5.64. The molecule has 2 aromatic rings. The summed E-state index contributed by atoms with van der Waals surface area (Å²) in [5, 5.41) is 14.2. The molecule has 3 fully saturated rings. The summed E-state index contributed by atoms with van der Waals surface area (Å²) in [5.41, 5.74) is 8.25. The molecule has 0 unspecified atom stereocenters. The molecule has 2 aliphatic carbocycles. The van der Waals surface area contributed by atoms with E-state index < -0.39 is 6.61 Å². The molecule has 33 heavy (non-hydrogen) atoms. The largest absolute Gasteiger partial charge is 0.431 e. The van der Waals surface area contributed by atoms with E-state index in [1.807, 2.05) is 0 Å². The van der Waals surface area contributed by atoms with E-state index in [9.17, 15) is 13.9 Å². The van der Waals surface area contributed by atoms with Crippen LogP contribution >= 0.6 is 0 Å². The summed E-state index contributed by atoms with van der Waals surface area (Å²) in [6, 6.07) is 4.43. The lowest BCUT2D eigenvalue weighted by atomic mass is 9.94. The van der Waals surface area contributed by atoms with Crippen molar-refractivity contribution in [1.29, 1.82) is 0 Å². The van der Waals surface area contributed by atoms with Crippen LogP contribution in [0.15, 0.2) is 18.3 Å². The number of nitrogens with zero attached hydrogens (tertiary/aromatic N) is 4. The van der Waals surface area contributed by atoms with E-state index in [4.69, 9.17) is 10.8 Å². The number of hydrogen-bond acceptors (Lipinski definition) is 6. The number of rotatable bonds is 7. The highest BCUT2D eigenvalue weighted by Crippen LogP contribution is 2.64. The number of aromatic nitrogens is 3. The number of nitrogens with two attached hydrogens (primary N) is 1. The summed E-state index contributed by atoms with van der Waals surface area (Å²) < 4.78 is 32.0. The van der Waals surface area contributed by atoms with Crippen LogP contribution in [0.5, 0.6) is 5.75 Å². The van der Waals surface area contributed by atoms with Crippen molar-refractivity contribution >= 4 is 5.82 Å². The van der Waals surface area contributed by atoms with Crippen molar-refractivity contribution in [3.05, 3.63) is 24.0 Å². The second-order valence-corrected chi connectivity index (χ2v) is 10.1. The molecule has 1 saturated heterocycles. The molecule has 3 N–H and O–H groups in total. The fourth-order valence-electron chi connectivity index (χ4n) is 6.05. The van der Waals surface area contributed by atoms with Crippen molar-refractivity contribution < 1.29 is 18.6 Å². The summed E-state index contributed by atoms with van der Waals surface area (Å²) >= 11 is 0. The fraction of sp³-hybridized carbons (Fsp3) is 0.667. The molecule has 3 heterocycles. The summed E-state index contributed by atoms with van der Waals surface area (Å²) in [5.74, 6) is 2.13. The number of piperidine rings is 1. The molecule has 0 aromatic carbocycles. The Morgan fingerprint density at radius 3 is 2.48 bits per heavy atom. The third-order valence-electron chi connectivity index (χ3n) is 7.83. The molecule has 1 aliphatic heterocycles. The Bertz CT molecular complexity index is 977. The topological polar surface area (TPSA) is 89.4 Å². The minimum absolute atomic E-state index is 0.0617. The number of hydrogen-bond donors (Lipinski definition) is 2. The van der Waals surface area contributed by atoms with Gasteiger partial charge in [-0.05, 0) is 82.5 Å². The van der Waals surface area contributed by atoms with Crippen LogP contribution in [0.3, 0.4) is 0 Å². The molecule has 7 nitrogen and oxygen atoms in total. The first kappa shape index (κ1) is 22.5. The normalized spacial score (nSPS) is 28.0. The van der Waals surface area contributed by atoms with E-state index in [2.05, 4.69) is 39.2 Å². The maximum absolute atomic E-state index is 12.7. The number of nitrogen functional groups attached to an aromatic ring is 1. The van der Waals surface area contributed by atoms with E-state index in [1.54, 1.807) is 6.20 Å². The van der Waals surface area contributed by atoms with Crippen LogP contribution in [0.2, 0.25) is 0 Å². The molecular formula is C24H33F2N5O2. The van der Waals surface area contributed by atoms with Gasteiger partial charge in [-0.2, -0.15) is 13.9 Å². The number of pyridine rings is 1. The van der Waals surface area contributed by atoms with Crippen molar-refractivity contribution in [2.45, 2.75) is 64.1 Å². The van der Waals surface area contributed by atoms with Crippen molar-refractivity contribution in [3.63, 3.8) is 0 Å². The van der Waals surface area contributed by atoms with E-state index in [1.165, 1.54) is 24.6 Å². The third-order valence-corrected chi connectivity index (χ3v) is 7.83. The Morgan fingerprint density at radius 1 is 1.18 bits per heavy atom. The van der Waals surface area contributed by atoms with Gasteiger partial charge in [0, 0.05) is 42.1 Å². The average molecular weight is 462 g/mol. The zero-order valence-corrected chi connectivity index (χ0v) is 19.2. The molecule has 0 radical (unpaired) electrons. The highest BCUT2D eigenvalue weighted by Gasteiger charge is 2.58. The summed E-state index contributed by atoms with van der Waals surface area (Å²) in [7, 11) is 0. The van der Waals surface area contributed by atoms with E-state index in [0.29, 0.717) is 47.6 Å². The van der Waals surface area contributed by atoms with Gasteiger partial charge in [0.15, 0.2) is 11.6 Å². The Hall–Kier alpha value is -2.26. The quantitative estimate of drug-likeness (QED) is 0.650. The number of anilines is 1. The highest BCUT2D eigenvalue weighted by atomic mass is 19.3. The van der Waals surface area contributed by atoms with Crippen LogP contribution in [0.4, 0.5) is 14.6 Å². The van der Waals surface area contributed by atoms with Crippen LogP contribution in [0.25, 0.3) is 11.3 Å². The fourth-order valence-corrected chi connectivity index (χ4v) is 6.05. The number of halogens is 2. The van der Waals surface area contributed by atoms with Crippen LogP contribution in [-0.4, -0.2) is 57.1 Å². The molecule has 180 valence electrons. The lowest BCUT2D eigenvalue weighted by Gasteiger charge is -2.36. The molecule has 2 aromatic heterocycles. The monoisotopic (exact) mass is 461 g/mol. The van der Waals surface area contributed by atoms with Gasteiger partial charge in [-0.15, -0.1) is 0 Å². The molecule has 9 heteroatoms. The Labute approximate surface area is 192 Å². The van der Waals surface area contributed by atoms with Gasteiger partial charge in [0.1, 0.15) is 0 Å². The number of likely N-dealkylation sites (tertiary alicyclic amines) is 1.